The Hall–Kier alpha value is -3.21. The molecule has 4 heteroatoms. The van der Waals surface area contributed by atoms with Crippen molar-refractivity contribution in [3.8, 4) is 16.9 Å². The number of unbranched alkanes of at least 4 members (excludes halogenated alkanes) is 1. The summed E-state index contributed by atoms with van der Waals surface area (Å²) in [5.74, 6) is 0.616. The van der Waals surface area contributed by atoms with Gasteiger partial charge in [-0.15, -0.1) is 0 Å². The maximum Gasteiger partial charge on any atom is 0.189 e. The third-order valence-corrected chi connectivity index (χ3v) is 7.00. The average Bonchev–Trinajstić information content (AvgIpc) is 2.87. The van der Waals surface area contributed by atoms with Crippen molar-refractivity contribution in [2.45, 2.75) is 52.6 Å². The molecular weight excluding hydrogens is 468 g/mol. The van der Waals surface area contributed by atoms with Gasteiger partial charge in [0.15, 0.2) is 5.78 Å². The van der Waals surface area contributed by atoms with Crippen molar-refractivity contribution in [1.29, 1.82) is 0 Å². The van der Waals surface area contributed by atoms with E-state index in [2.05, 4.69) is 82.0 Å². The van der Waals surface area contributed by atoms with Crippen LogP contribution < -0.4 is 4.74 Å². The van der Waals surface area contributed by atoms with E-state index in [4.69, 9.17) is 4.74 Å². The third-order valence-electron chi connectivity index (χ3n) is 7.00. The summed E-state index contributed by atoms with van der Waals surface area (Å²) in [5, 5.41) is 0. The lowest BCUT2D eigenvalue weighted by Crippen LogP contribution is -2.38. The van der Waals surface area contributed by atoms with Gasteiger partial charge in [-0.1, -0.05) is 66.7 Å². The van der Waals surface area contributed by atoms with Gasteiger partial charge < -0.3 is 14.5 Å². The van der Waals surface area contributed by atoms with E-state index in [0.29, 0.717) is 17.9 Å². The highest BCUT2D eigenvalue weighted by Gasteiger charge is 2.19. The van der Waals surface area contributed by atoms with Gasteiger partial charge in [-0.05, 0) is 108 Å². The molecule has 0 aliphatic carbocycles. The molecule has 4 nitrogen and oxygen atoms in total. The number of nitrogens with zero attached hydrogens (tertiary/aromatic N) is 2. The van der Waals surface area contributed by atoms with Crippen molar-refractivity contribution in [3.63, 3.8) is 0 Å². The molecule has 202 valence electrons. The quantitative estimate of drug-likeness (QED) is 0.143. The van der Waals surface area contributed by atoms with E-state index in [1.54, 1.807) is 6.08 Å². The minimum atomic E-state index is -0.0394. The number of carbonyl (C=O) groups excluding carboxylic acids is 1. The SMILES string of the molecule is Cc1c(-c2ccccc2)ccc(OCCCCN(C)C(C)(C)C)c1C(=O)C=Cc1ccccc1CN(C)C. The van der Waals surface area contributed by atoms with E-state index in [9.17, 15) is 4.79 Å². The van der Waals surface area contributed by atoms with E-state index in [1.165, 1.54) is 5.56 Å². The lowest BCUT2D eigenvalue weighted by atomic mass is 9.93. The van der Waals surface area contributed by atoms with Crippen LogP contribution in [0.25, 0.3) is 17.2 Å². The molecule has 0 amide bonds. The van der Waals surface area contributed by atoms with Crippen LogP contribution in [0.15, 0.2) is 72.8 Å². The number of allylic oxidation sites excluding steroid dienone is 1. The first-order valence-corrected chi connectivity index (χ1v) is 13.6. The highest BCUT2D eigenvalue weighted by molar-refractivity contribution is 6.10. The fourth-order valence-corrected chi connectivity index (χ4v) is 4.44. The number of hydrogen-bond donors (Lipinski definition) is 0. The largest absolute Gasteiger partial charge is 0.493 e. The van der Waals surface area contributed by atoms with Crippen LogP contribution >= 0.6 is 0 Å². The smallest absolute Gasteiger partial charge is 0.189 e. The van der Waals surface area contributed by atoms with E-state index in [1.807, 2.05) is 49.4 Å². The van der Waals surface area contributed by atoms with Gasteiger partial charge in [-0.3, -0.25) is 4.79 Å². The van der Waals surface area contributed by atoms with Crippen LogP contribution in [0.3, 0.4) is 0 Å². The number of carbonyl (C=O) groups is 1. The zero-order valence-corrected chi connectivity index (χ0v) is 24.3. The molecular formula is C34H44N2O2. The summed E-state index contributed by atoms with van der Waals surface area (Å²) < 4.78 is 6.25. The van der Waals surface area contributed by atoms with Gasteiger partial charge in [0, 0.05) is 12.1 Å². The Balaban J connectivity index is 1.85. The average molecular weight is 513 g/mol. The second-order valence-corrected chi connectivity index (χ2v) is 11.3. The molecule has 3 aromatic carbocycles. The zero-order chi connectivity index (χ0) is 27.7. The Morgan fingerprint density at radius 3 is 2.26 bits per heavy atom. The number of rotatable bonds is 12. The van der Waals surface area contributed by atoms with Gasteiger partial charge in [0.05, 0.1) is 12.2 Å². The van der Waals surface area contributed by atoms with Gasteiger partial charge in [0.2, 0.25) is 0 Å². The molecule has 0 N–H and O–H groups in total. The molecule has 3 rings (SSSR count). The Morgan fingerprint density at radius 1 is 0.895 bits per heavy atom. The van der Waals surface area contributed by atoms with Crippen molar-refractivity contribution in [2.75, 3.05) is 34.3 Å². The van der Waals surface area contributed by atoms with Crippen LogP contribution in [0.1, 0.15) is 60.7 Å². The van der Waals surface area contributed by atoms with E-state index < -0.39 is 0 Å². The molecule has 0 aromatic heterocycles. The molecule has 0 heterocycles. The molecule has 0 saturated heterocycles. The van der Waals surface area contributed by atoms with Gasteiger partial charge >= 0.3 is 0 Å². The minimum absolute atomic E-state index is 0.0394. The summed E-state index contributed by atoms with van der Waals surface area (Å²) in [7, 11) is 6.26. The van der Waals surface area contributed by atoms with Gasteiger partial charge in [-0.25, -0.2) is 0 Å². The first kappa shape index (κ1) is 29.3. The lowest BCUT2D eigenvalue weighted by Gasteiger charge is -2.31. The first-order chi connectivity index (χ1) is 18.1. The maximum atomic E-state index is 13.7. The summed E-state index contributed by atoms with van der Waals surface area (Å²) >= 11 is 0. The number of hydrogen-bond acceptors (Lipinski definition) is 4. The van der Waals surface area contributed by atoms with Crippen LogP contribution in [0.5, 0.6) is 5.75 Å². The Kier molecular flexibility index (Phi) is 10.5. The van der Waals surface area contributed by atoms with Gasteiger partial charge in [0.25, 0.3) is 0 Å². The van der Waals surface area contributed by atoms with Crippen LogP contribution in [-0.4, -0.2) is 55.4 Å². The summed E-state index contributed by atoms with van der Waals surface area (Å²) in [6.07, 6.45) is 5.60. The van der Waals surface area contributed by atoms with Crippen molar-refractivity contribution in [1.82, 2.24) is 9.80 Å². The third kappa shape index (κ3) is 8.14. The second kappa shape index (κ2) is 13.5. The van der Waals surface area contributed by atoms with E-state index in [-0.39, 0.29) is 11.3 Å². The van der Waals surface area contributed by atoms with E-state index in [0.717, 1.165) is 48.2 Å². The highest BCUT2D eigenvalue weighted by atomic mass is 16.5. The van der Waals surface area contributed by atoms with Crippen LogP contribution in [0.4, 0.5) is 0 Å². The molecule has 0 bridgehead atoms. The number of ketones is 1. The molecule has 0 radical (unpaired) electrons. The molecule has 0 saturated carbocycles. The van der Waals surface area contributed by atoms with Crippen molar-refractivity contribution >= 4 is 11.9 Å². The topological polar surface area (TPSA) is 32.8 Å². The molecule has 0 aliphatic heterocycles. The molecule has 0 unspecified atom stereocenters. The first-order valence-electron chi connectivity index (χ1n) is 13.6. The molecule has 0 spiro atoms. The Bertz CT molecular complexity index is 1220. The second-order valence-electron chi connectivity index (χ2n) is 11.3. The minimum Gasteiger partial charge on any atom is -0.493 e. The van der Waals surface area contributed by atoms with Crippen LogP contribution in [0, 0.1) is 6.92 Å². The molecule has 0 atom stereocenters. The monoisotopic (exact) mass is 512 g/mol. The fourth-order valence-electron chi connectivity index (χ4n) is 4.44. The van der Waals surface area contributed by atoms with Crippen molar-refractivity contribution < 1.29 is 9.53 Å². The summed E-state index contributed by atoms with van der Waals surface area (Å²) in [6, 6.07) is 22.5. The normalized spacial score (nSPS) is 12.0. The zero-order valence-electron chi connectivity index (χ0n) is 24.3. The standard InChI is InChI=1S/C34H44N2O2/c1-26-30(28-16-9-8-10-17-28)20-22-32(38-24-14-13-23-36(7)34(2,3)4)33(26)31(37)21-19-27-15-11-12-18-29(27)25-35(5)6/h8-12,15-22H,13-14,23-25H2,1-7H3. The Morgan fingerprint density at radius 2 is 1.58 bits per heavy atom. The molecule has 38 heavy (non-hydrogen) atoms. The maximum absolute atomic E-state index is 13.7. The van der Waals surface area contributed by atoms with Gasteiger partial charge in [-0.2, -0.15) is 0 Å². The lowest BCUT2D eigenvalue weighted by molar-refractivity contribution is 0.104. The predicted molar refractivity (Wildman–Crippen MR) is 161 cm³/mol. The predicted octanol–water partition coefficient (Wildman–Crippen LogP) is 7.51. The highest BCUT2D eigenvalue weighted by Crippen LogP contribution is 2.33. The molecule has 0 fully saturated rings. The summed E-state index contributed by atoms with van der Waals surface area (Å²) in [6.45, 7) is 11.1. The molecule has 3 aromatic rings. The van der Waals surface area contributed by atoms with Crippen molar-refractivity contribution in [3.05, 3.63) is 95.1 Å². The van der Waals surface area contributed by atoms with Crippen LogP contribution in [-0.2, 0) is 6.54 Å². The molecule has 0 aliphatic rings. The summed E-state index contributed by atoms with van der Waals surface area (Å²) in [5.41, 5.74) is 6.12. The van der Waals surface area contributed by atoms with Crippen LogP contribution in [0.2, 0.25) is 0 Å². The van der Waals surface area contributed by atoms with Crippen molar-refractivity contribution in [2.24, 2.45) is 0 Å². The summed E-state index contributed by atoms with van der Waals surface area (Å²) in [4.78, 5) is 18.2. The van der Waals surface area contributed by atoms with Gasteiger partial charge in [0.1, 0.15) is 5.75 Å². The number of benzene rings is 3. The Labute approximate surface area is 229 Å². The van der Waals surface area contributed by atoms with E-state index >= 15 is 0 Å². The number of ether oxygens (including phenoxy) is 1. The fraction of sp³-hybridized carbons (Fsp3) is 0.382.